The molecule has 0 saturated carbocycles. The van der Waals surface area contributed by atoms with Crippen LogP contribution in [0.15, 0.2) is 12.1 Å². The monoisotopic (exact) mass is 308 g/mol. The lowest BCUT2D eigenvalue weighted by molar-refractivity contribution is -0.123. The first-order valence-electron chi connectivity index (χ1n) is 7.57. The van der Waals surface area contributed by atoms with Gasteiger partial charge in [-0.05, 0) is 36.8 Å². The van der Waals surface area contributed by atoms with Crippen molar-refractivity contribution < 1.29 is 9.90 Å². The van der Waals surface area contributed by atoms with E-state index < -0.39 is 6.10 Å². The Bertz CT molecular complexity index is 584. The number of halogens is 1. The van der Waals surface area contributed by atoms with Crippen molar-refractivity contribution >= 4 is 28.9 Å². The zero-order chi connectivity index (χ0) is 15.2. The van der Waals surface area contributed by atoms with Crippen molar-refractivity contribution in [2.75, 3.05) is 23.3 Å². The summed E-state index contributed by atoms with van der Waals surface area (Å²) in [5, 5.41) is 13.1. The number of anilines is 2. The van der Waals surface area contributed by atoms with E-state index in [9.17, 15) is 9.90 Å². The molecule has 0 aromatic heterocycles. The average molecular weight is 309 g/mol. The Kier molecular flexibility index (Phi) is 3.62. The molecule has 4 nitrogen and oxygen atoms in total. The number of hydrogen-bond donors (Lipinski definition) is 2. The van der Waals surface area contributed by atoms with Gasteiger partial charge >= 0.3 is 0 Å². The molecule has 21 heavy (non-hydrogen) atoms. The van der Waals surface area contributed by atoms with Crippen LogP contribution in [-0.4, -0.2) is 24.1 Å². The van der Waals surface area contributed by atoms with E-state index in [1.165, 1.54) is 6.42 Å². The van der Waals surface area contributed by atoms with E-state index in [1.807, 2.05) is 6.07 Å². The third-order valence-corrected chi connectivity index (χ3v) is 5.50. The molecular formula is C16H21ClN2O2. The Labute approximate surface area is 130 Å². The Morgan fingerprint density at radius 3 is 2.76 bits per heavy atom. The zero-order valence-electron chi connectivity index (χ0n) is 12.4. The van der Waals surface area contributed by atoms with Crippen LogP contribution in [0.3, 0.4) is 0 Å². The molecule has 2 aliphatic heterocycles. The van der Waals surface area contributed by atoms with Crippen molar-refractivity contribution in [3.8, 4) is 0 Å². The van der Waals surface area contributed by atoms with E-state index in [-0.39, 0.29) is 5.91 Å². The summed E-state index contributed by atoms with van der Waals surface area (Å²) in [6, 6.07) is 3.61. The molecule has 1 aromatic carbocycles. The summed E-state index contributed by atoms with van der Waals surface area (Å²) >= 11 is 6.39. The van der Waals surface area contributed by atoms with Crippen LogP contribution in [0.25, 0.3) is 0 Å². The number of amides is 1. The number of aliphatic hydroxyl groups is 1. The number of benzene rings is 1. The molecule has 1 unspecified atom stereocenters. The van der Waals surface area contributed by atoms with E-state index in [4.69, 9.17) is 11.6 Å². The molecule has 3 rings (SSSR count). The van der Waals surface area contributed by atoms with Gasteiger partial charge in [0.25, 0.3) is 5.91 Å². The Morgan fingerprint density at radius 2 is 2.14 bits per heavy atom. The van der Waals surface area contributed by atoms with Gasteiger partial charge in [0.15, 0.2) is 6.10 Å². The highest BCUT2D eigenvalue weighted by molar-refractivity contribution is 6.33. The summed E-state index contributed by atoms with van der Waals surface area (Å²) in [5.41, 5.74) is 2.57. The Morgan fingerprint density at radius 1 is 1.43 bits per heavy atom. The maximum Gasteiger partial charge on any atom is 0.257 e. The second-order valence-electron chi connectivity index (χ2n) is 6.16. The average Bonchev–Trinajstić information content (AvgIpc) is 3.03. The highest BCUT2D eigenvalue weighted by atomic mass is 35.5. The first-order chi connectivity index (χ1) is 9.99. The molecule has 114 valence electrons. The van der Waals surface area contributed by atoms with Gasteiger partial charge in [-0.3, -0.25) is 4.79 Å². The quantitative estimate of drug-likeness (QED) is 0.900. The number of carbonyl (C=O) groups excluding carboxylic acids is 1. The molecule has 2 N–H and O–H groups in total. The Balaban J connectivity index is 1.92. The van der Waals surface area contributed by atoms with Gasteiger partial charge in [0.1, 0.15) is 0 Å². The van der Waals surface area contributed by atoms with Gasteiger partial charge in [-0.25, -0.2) is 0 Å². The lowest BCUT2D eigenvalue weighted by Crippen LogP contribution is -2.26. The zero-order valence-corrected chi connectivity index (χ0v) is 13.2. The minimum absolute atomic E-state index is 0.366. The Hall–Kier alpha value is -1.26. The van der Waals surface area contributed by atoms with Crippen LogP contribution in [0.2, 0.25) is 5.02 Å². The molecule has 0 bridgehead atoms. The molecule has 5 heteroatoms. The molecule has 0 aliphatic carbocycles. The lowest BCUT2D eigenvalue weighted by atomic mass is 9.82. The van der Waals surface area contributed by atoms with Gasteiger partial charge in [-0.1, -0.05) is 25.4 Å². The molecule has 0 spiro atoms. The largest absolute Gasteiger partial charge is 0.378 e. The van der Waals surface area contributed by atoms with Crippen molar-refractivity contribution in [1.82, 2.24) is 0 Å². The van der Waals surface area contributed by atoms with Crippen molar-refractivity contribution in [3.63, 3.8) is 0 Å². The second kappa shape index (κ2) is 5.18. The van der Waals surface area contributed by atoms with Gasteiger partial charge in [0, 0.05) is 24.3 Å². The molecule has 1 aromatic rings. The van der Waals surface area contributed by atoms with Gasteiger partial charge in [-0.2, -0.15) is 0 Å². The molecule has 2 aliphatic rings. The molecule has 1 amide bonds. The number of carbonyl (C=O) groups is 1. The van der Waals surface area contributed by atoms with E-state index >= 15 is 0 Å². The molecule has 1 saturated heterocycles. The van der Waals surface area contributed by atoms with Crippen molar-refractivity contribution in [1.29, 1.82) is 0 Å². The summed E-state index contributed by atoms with van der Waals surface area (Å²) in [4.78, 5) is 13.9. The topological polar surface area (TPSA) is 52.6 Å². The van der Waals surface area contributed by atoms with Crippen molar-refractivity contribution in [2.24, 2.45) is 5.41 Å². The molecule has 2 heterocycles. The van der Waals surface area contributed by atoms with Gasteiger partial charge < -0.3 is 15.3 Å². The fourth-order valence-corrected chi connectivity index (χ4v) is 3.76. The molecule has 1 atom stereocenters. The van der Waals surface area contributed by atoms with Crippen LogP contribution in [0.1, 0.15) is 44.8 Å². The third-order valence-electron chi connectivity index (χ3n) is 5.20. The predicted molar refractivity (Wildman–Crippen MR) is 84.9 cm³/mol. The summed E-state index contributed by atoms with van der Waals surface area (Å²) < 4.78 is 0. The highest BCUT2D eigenvalue weighted by Gasteiger charge is 2.37. The summed E-state index contributed by atoms with van der Waals surface area (Å²) in [7, 11) is 0. The van der Waals surface area contributed by atoms with Crippen LogP contribution >= 0.6 is 11.6 Å². The van der Waals surface area contributed by atoms with E-state index in [2.05, 4.69) is 24.1 Å². The minimum atomic E-state index is -1.10. The summed E-state index contributed by atoms with van der Waals surface area (Å²) in [6.45, 7) is 6.47. The standard InChI is InChI=1S/C16H21ClN2O2/c1-3-16(4-2)5-6-19(9-16)13-8-12-10(7-11(13)17)14(20)15(21)18-12/h7-8,14,20H,3-6,9H2,1-2H3,(H,18,21). The van der Waals surface area contributed by atoms with Crippen molar-refractivity contribution in [2.45, 2.75) is 39.2 Å². The number of nitrogens with one attached hydrogen (secondary N) is 1. The van der Waals surface area contributed by atoms with E-state index in [1.54, 1.807) is 6.07 Å². The van der Waals surface area contributed by atoms with Crippen molar-refractivity contribution in [3.05, 3.63) is 22.7 Å². The van der Waals surface area contributed by atoms with E-state index in [0.29, 0.717) is 21.7 Å². The van der Waals surface area contributed by atoms with Crippen LogP contribution in [-0.2, 0) is 4.79 Å². The lowest BCUT2D eigenvalue weighted by Gasteiger charge is -2.28. The number of aliphatic hydroxyl groups excluding tert-OH is 1. The summed E-state index contributed by atoms with van der Waals surface area (Å²) in [6.07, 6.45) is 2.40. The maximum atomic E-state index is 11.6. The fourth-order valence-electron chi connectivity index (χ4n) is 3.46. The smallest absolute Gasteiger partial charge is 0.257 e. The predicted octanol–water partition coefficient (Wildman–Crippen LogP) is 3.34. The third kappa shape index (κ3) is 2.30. The fraction of sp³-hybridized carbons (Fsp3) is 0.562. The maximum absolute atomic E-state index is 11.6. The molecule has 0 radical (unpaired) electrons. The second-order valence-corrected chi connectivity index (χ2v) is 6.57. The van der Waals surface area contributed by atoms with Gasteiger partial charge in [0.2, 0.25) is 0 Å². The minimum Gasteiger partial charge on any atom is -0.378 e. The SMILES string of the molecule is CCC1(CC)CCN(c2cc3c(cc2Cl)C(O)C(=O)N3)C1. The molecule has 1 fully saturated rings. The number of rotatable bonds is 3. The number of hydrogen-bond acceptors (Lipinski definition) is 3. The van der Waals surface area contributed by atoms with E-state index in [0.717, 1.165) is 31.6 Å². The number of fused-ring (bicyclic) bond motifs is 1. The number of nitrogens with zero attached hydrogens (tertiary/aromatic N) is 1. The normalized spacial score (nSPS) is 23.3. The van der Waals surface area contributed by atoms with Crippen LogP contribution in [0.5, 0.6) is 0 Å². The summed E-state index contributed by atoms with van der Waals surface area (Å²) in [5.74, 6) is -0.379. The van der Waals surface area contributed by atoms with Crippen LogP contribution in [0.4, 0.5) is 11.4 Å². The first-order valence-corrected chi connectivity index (χ1v) is 7.95. The molecular weight excluding hydrogens is 288 g/mol. The van der Waals surface area contributed by atoms with Crippen LogP contribution < -0.4 is 10.2 Å². The van der Waals surface area contributed by atoms with Crippen LogP contribution in [0, 0.1) is 5.41 Å². The van der Waals surface area contributed by atoms with Gasteiger partial charge in [-0.15, -0.1) is 0 Å². The highest BCUT2D eigenvalue weighted by Crippen LogP contribution is 2.44. The first kappa shape index (κ1) is 14.7. The van der Waals surface area contributed by atoms with Gasteiger partial charge in [0.05, 0.1) is 10.7 Å².